The van der Waals surface area contributed by atoms with E-state index in [9.17, 15) is 4.79 Å². The molecular weight excluding hydrogens is 352 g/mol. The number of methoxy groups -OCH3 is 1. The van der Waals surface area contributed by atoms with Crippen molar-refractivity contribution in [1.82, 2.24) is 15.0 Å². The first kappa shape index (κ1) is 17.9. The van der Waals surface area contributed by atoms with Gasteiger partial charge in [-0.25, -0.2) is 4.79 Å². The summed E-state index contributed by atoms with van der Waals surface area (Å²) in [6, 6.07) is 6.06. The average molecular weight is 368 g/mol. The van der Waals surface area contributed by atoms with Crippen LogP contribution in [0.2, 0.25) is 0 Å². The molecular formula is C17H16N6O4. The maximum absolute atomic E-state index is 11.9. The number of hydrogen-bond donors (Lipinski definition) is 3. The van der Waals surface area contributed by atoms with Gasteiger partial charge in [-0.1, -0.05) is 0 Å². The van der Waals surface area contributed by atoms with Crippen molar-refractivity contribution < 1.29 is 18.7 Å². The van der Waals surface area contributed by atoms with Crippen LogP contribution in [-0.2, 0) is 4.74 Å². The molecule has 138 valence electrons. The van der Waals surface area contributed by atoms with E-state index in [1.807, 2.05) is 0 Å². The lowest BCUT2D eigenvalue weighted by Gasteiger charge is -2.10. The van der Waals surface area contributed by atoms with Crippen molar-refractivity contribution >= 4 is 29.5 Å². The maximum Gasteiger partial charge on any atom is 0.356 e. The monoisotopic (exact) mass is 368 g/mol. The van der Waals surface area contributed by atoms with Crippen LogP contribution in [0.5, 0.6) is 11.8 Å². The van der Waals surface area contributed by atoms with Gasteiger partial charge in [0.05, 0.1) is 7.11 Å². The lowest BCUT2D eigenvalue weighted by atomic mass is 10.2. The number of aromatic nitrogens is 3. The lowest BCUT2D eigenvalue weighted by molar-refractivity contribution is 0.0593. The first-order chi connectivity index (χ1) is 13.0. The summed E-state index contributed by atoms with van der Waals surface area (Å²) in [7, 11) is 1.25. The zero-order valence-corrected chi connectivity index (χ0v) is 14.5. The smallest absolute Gasteiger partial charge is 0.356 e. The van der Waals surface area contributed by atoms with Gasteiger partial charge in [0.2, 0.25) is 0 Å². The van der Waals surface area contributed by atoms with Gasteiger partial charge < -0.3 is 30.4 Å². The second-order valence-corrected chi connectivity index (χ2v) is 5.33. The van der Waals surface area contributed by atoms with Crippen molar-refractivity contribution in [2.24, 2.45) is 0 Å². The number of esters is 1. The van der Waals surface area contributed by atoms with Crippen molar-refractivity contribution in [3.05, 3.63) is 47.7 Å². The maximum atomic E-state index is 11.9. The Bertz CT molecular complexity index is 1000. The summed E-state index contributed by atoms with van der Waals surface area (Å²) in [6.07, 6.45) is 2.39. The first-order valence-corrected chi connectivity index (χ1v) is 7.72. The highest BCUT2D eigenvalue weighted by atomic mass is 16.5. The number of oxazole rings is 1. The first-order valence-electron chi connectivity index (χ1n) is 7.72. The Labute approximate surface area is 153 Å². The average Bonchev–Trinajstić information content (AvgIpc) is 3.07. The third-order valence-electron chi connectivity index (χ3n) is 3.51. The van der Waals surface area contributed by atoms with Gasteiger partial charge in [-0.15, -0.1) is 0 Å². The summed E-state index contributed by atoms with van der Waals surface area (Å²) >= 11 is 0. The summed E-state index contributed by atoms with van der Waals surface area (Å²) in [5.41, 5.74) is 6.67. The van der Waals surface area contributed by atoms with Gasteiger partial charge in [0.1, 0.15) is 17.3 Å². The predicted molar refractivity (Wildman–Crippen MR) is 96.7 cm³/mol. The molecule has 0 unspecified atom stereocenters. The fourth-order valence-electron chi connectivity index (χ4n) is 2.14. The Morgan fingerprint density at radius 2 is 2.15 bits per heavy atom. The number of aryl methyl sites for hydroxylation is 1. The molecule has 0 aliphatic rings. The predicted octanol–water partition coefficient (Wildman–Crippen LogP) is 2.68. The molecule has 0 atom stereocenters. The lowest BCUT2D eigenvalue weighted by Crippen LogP contribution is -2.08. The molecule has 0 fully saturated rings. The Balaban J connectivity index is 1.96. The number of anilines is 3. The summed E-state index contributed by atoms with van der Waals surface area (Å²) in [5.74, 6) is 0.951. The zero-order chi connectivity index (χ0) is 19.4. The molecule has 0 saturated heterocycles. The minimum Gasteiger partial charge on any atom is -0.464 e. The van der Waals surface area contributed by atoms with Crippen LogP contribution in [0.15, 0.2) is 35.1 Å². The van der Waals surface area contributed by atoms with Crippen LogP contribution in [0, 0.1) is 12.3 Å². The van der Waals surface area contributed by atoms with Crippen LogP contribution < -0.4 is 15.8 Å². The van der Waals surface area contributed by atoms with Gasteiger partial charge in [0, 0.05) is 23.5 Å². The molecule has 4 N–H and O–H groups in total. The quantitative estimate of drug-likeness (QED) is 0.339. The highest BCUT2D eigenvalue weighted by Crippen LogP contribution is 2.25. The molecule has 0 amide bonds. The number of ether oxygens (including phenoxy) is 2. The molecule has 2 heterocycles. The van der Waals surface area contributed by atoms with E-state index in [0.29, 0.717) is 28.6 Å². The SMILES string of the molecule is COC(=O)c1cc(Nc2ncoc2C)nc(Oc2ccc(N)c(C=N)c2)n1. The molecule has 3 rings (SSSR count). The number of nitrogens with two attached hydrogens (primary N) is 1. The molecule has 3 aromatic rings. The number of carbonyl (C=O) groups is 1. The molecule has 10 heteroatoms. The van der Waals surface area contributed by atoms with E-state index in [4.69, 9.17) is 25.0 Å². The number of benzene rings is 1. The number of hydrogen-bond acceptors (Lipinski definition) is 10. The molecule has 2 aromatic heterocycles. The third-order valence-corrected chi connectivity index (χ3v) is 3.51. The van der Waals surface area contributed by atoms with Gasteiger partial charge in [-0.05, 0) is 25.1 Å². The van der Waals surface area contributed by atoms with E-state index in [2.05, 4.69) is 20.3 Å². The van der Waals surface area contributed by atoms with E-state index in [-0.39, 0.29) is 17.5 Å². The van der Waals surface area contributed by atoms with Gasteiger partial charge in [0.15, 0.2) is 17.9 Å². The van der Waals surface area contributed by atoms with Gasteiger partial charge in [-0.3, -0.25) is 0 Å². The largest absolute Gasteiger partial charge is 0.464 e. The number of nitrogen functional groups attached to an aromatic ring is 1. The van der Waals surface area contributed by atoms with Crippen LogP contribution in [0.25, 0.3) is 0 Å². The molecule has 0 bridgehead atoms. The second kappa shape index (κ2) is 7.52. The molecule has 10 nitrogen and oxygen atoms in total. The van der Waals surface area contributed by atoms with Crippen molar-refractivity contribution in [3.63, 3.8) is 0 Å². The number of carbonyl (C=O) groups excluding carboxylic acids is 1. The van der Waals surface area contributed by atoms with Crippen molar-refractivity contribution in [2.45, 2.75) is 6.92 Å². The molecule has 0 spiro atoms. The molecule has 0 radical (unpaired) electrons. The van der Waals surface area contributed by atoms with Gasteiger partial charge >= 0.3 is 12.0 Å². The second-order valence-electron chi connectivity index (χ2n) is 5.33. The summed E-state index contributed by atoms with van der Waals surface area (Å²) in [6.45, 7) is 1.72. The van der Waals surface area contributed by atoms with Crippen LogP contribution in [0.3, 0.4) is 0 Å². The van der Waals surface area contributed by atoms with E-state index in [1.54, 1.807) is 25.1 Å². The topological polar surface area (TPSA) is 149 Å². The highest BCUT2D eigenvalue weighted by molar-refractivity contribution is 5.88. The van der Waals surface area contributed by atoms with E-state index in [0.717, 1.165) is 6.21 Å². The zero-order valence-electron chi connectivity index (χ0n) is 14.5. The van der Waals surface area contributed by atoms with Crippen LogP contribution in [-0.4, -0.2) is 34.2 Å². The fraction of sp³-hybridized carbons (Fsp3) is 0.118. The summed E-state index contributed by atoms with van der Waals surface area (Å²) in [4.78, 5) is 24.2. The summed E-state index contributed by atoms with van der Waals surface area (Å²) < 4.78 is 15.5. The highest BCUT2D eigenvalue weighted by Gasteiger charge is 2.15. The van der Waals surface area contributed by atoms with Crippen molar-refractivity contribution in [2.75, 3.05) is 18.2 Å². The molecule has 0 aliphatic carbocycles. The standard InChI is InChI=1S/C17H16N6O4/c1-9-15(20-8-26-9)22-14-6-13(16(24)25-2)21-17(23-14)27-11-3-4-12(19)10(5-11)7-18/h3-8,18H,19H2,1-2H3,(H,21,22,23). The Morgan fingerprint density at radius 3 is 2.81 bits per heavy atom. The number of nitrogens with one attached hydrogen (secondary N) is 2. The molecule has 0 saturated carbocycles. The Hall–Kier alpha value is -3.95. The number of rotatable bonds is 6. The minimum atomic E-state index is -0.653. The third kappa shape index (κ3) is 4.00. The van der Waals surface area contributed by atoms with Crippen LogP contribution >= 0.6 is 0 Å². The van der Waals surface area contributed by atoms with Crippen molar-refractivity contribution in [3.8, 4) is 11.8 Å². The summed E-state index contributed by atoms with van der Waals surface area (Å²) in [5, 5.41) is 10.3. The Morgan fingerprint density at radius 1 is 1.33 bits per heavy atom. The molecule has 0 aliphatic heterocycles. The Kier molecular flexibility index (Phi) is 4.97. The minimum absolute atomic E-state index is 0.00568. The van der Waals surface area contributed by atoms with Gasteiger partial charge in [0.25, 0.3) is 0 Å². The van der Waals surface area contributed by atoms with E-state index >= 15 is 0 Å². The molecule has 27 heavy (non-hydrogen) atoms. The van der Waals surface area contributed by atoms with Crippen LogP contribution in [0.1, 0.15) is 21.8 Å². The van der Waals surface area contributed by atoms with E-state index < -0.39 is 5.97 Å². The van der Waals surface area contributed by atoms with Gasteiger partial charge in [-0.2, -0.15) is 15.0 Å². The normalized spacial score (nSPS) is 10.3. The number of nitrogens with zero attached hydrogens (tertiary/aromatic N) is 3. The van der Waals surface area contributed by atoms with Crippen LogP contribution in [0.4, 0.5) is 17.3 Å². The fourth-order valence-corrected chi connectivity index (χ4v) is 2.14. The molecule has 1 aromatic carbocycles. The van der Waals surface area contributed by atoms with Crippen molar-refractivity contribution in [1.29, 1.82) is 5.41 Å². The van der Waals surface area contributed by atoms with E-state index in [1.165, 1.54) is 19.6 Å².